The molecule has 1 aromatic carbocycles. The third-order valence-electron chi connectivity index (χ3n) is 3.38. The highest BCUT2D eigenvalue weighted by Crippen LogP contribution is 2.21. The molecule has 3 aromatic rings. The first-order valence-electron chi connectivity index (χ1n) is 6.82. The van der Waals surface area contributed by atoms with E-state index in [-0.39, 0.29) is 5.91 Å². The van der Waals surface area contributed by atoms with E-state index in [1.54, 1.807) is 31.1 Å². The summed E-state index contributed by atoms with van der Waals surface area (Å²) in [6.45, 7) is 1.85. The average Bonchev–Trinajstić information content (AvgIpc) is 2.85. The molecule has 0 radical (unpaired) electrons. The molecule has 0 saturated heterocycles. The van der Waals surface area contributed by atoms with E-state index >= 15 is 0 Å². The van der Waals surface area contributed by atoms with Gasteiger partial charge in [-0.2, -0.15) is 5.10 Å². The zero-order valence-electron chi connectivity index (χ0n) is 12.6. The Bertz CT molecular complexity index is 854. The molecule has 0 aliphatic heterocycles. The molecule has 0 spiro atoms. The molecule has 0 aliphatic carbocycles. The van der Waals surface area contributed by atoms with Crippen molar-refractivity contribution in [1.29, 1.82) is 0 Å². The molecule has 1 N–H and O–H groups in total. The number of hydrogen-bond acceptors (Lipinski definition) is 4. The van der Waals surface area contributed by atoms with Crippen LogP contribution in [0.1, 0.15) is 16.2 Å². The van der Waals surface area contributed by atoms with E-state index in [0.29, 0.717) is 11.4 Å². The molecule has 0 bridgehead atoms. The summed E-state index contributed by atoms with van der Waals surface area (Å²) in [5, 5.41) is 7.94. The summed E-state index contributed by atoms with van der Waals surface area (Å²) in [5.41, 5.74) is 2.76. The van der Waals surface area contributed by atoms with Gasteiger partial charge in [-0.3, -0.25) is 14.5 Å². The van der Waals surface area contributed by atoms with Crippen LogP contribution in [0.4, 0.5) is 5.69 Å². The van der Waals surface area contributed by atoms with E-state index in [9.17, 15) is 4.79 Å². The molecule has 0 fully saturated rings. The molecule has 6 heteroatoms. The number of aromatic nitrogens is 3. The Morgan fingerprint density at radius 3 is 2.77 bits per heavy atom. The maximum atomic E-state index is 12.3. The van der Waals surface area contributed by atoms with Crippen molar-refractivity contribution in [3.05, 3.63) is 47.9 Å². The van der Waals surface area contributed by atoms with Crippen LogP contribution in [-0.2, 0) is 7.05 Å². The van der Waals surface area contributed by atoms with Gasteiger partial charge in [-0.15, -0.1) is 0 Å². The van der Waals surface area contributed by atoms with Crippen molar-refractivity contribution < 1.29 is 9.53 Å². The summed E-state index contributed by atoms with van der Waals surface area (Å²) >= 11 is 0. The number of amides is 1. The molecule has 22 heavy (non-hydrogen) atoms. The Labute approximate surface area is 127 Å². The number of nitrogens with one attached hydrogen (secondary N) is 1. The first-order valence-corrected chi connectivity index (χ1v) is 6.82. The maximum absolute atomic E-state index is 12.3. The summed E-state index contributed by atoms with van der Waals surface area (Å²) in [4.78, 5) is 16.6. The van der Waals surface area contributed by atoms with E-state index in [4.69, 9.17) is 4.74 Å². The second-order valence-electron chi connectivity index (χ2n) is 5.03. The van der Waals surface area contributed by atoms with Crippen molar-refractivity contribution >= 4 is 22.5 Å². The number of fused-ring (bicyclic) bond motifs is 1. The third-order valence-corrected chi connectivity index (χ3v) is 3.38. The van der Waals surface area contributed by atoms with Crippen LogP contribution in [0.5, 0.6) is 5.75 Å². The maximum Gasteiger partial charge on any atom is 0.273 e. The molecule has 6 nitrogen and oxygen atoms in total. The predicted molar refractivity (Wildman–Crippen MR) is 84.2 cm³/mol. The predicted octanol–water partition coefficient (Wildman–Crippen LogP) is 2.54. The minimum atomic E-state index is -0.210. The molecule has 112 valence electrons. The lowest BCUT2D eigenvalue weighted by Gasteiger charge is -2.07. The van der Waals surface area contributed by atoms with Crippen LogP contribution in [0.3, 0.4) is 0 Å². The van der Waals surface area contributed by atoms with Crippen LogP contribution >= 0.6 is 0 Å². The number of carbonyl (C=O) groups is 1. The minimum absolute atomic E-state index is 0.210. The SMILES string of the molecule is COc1ccc2cc(NC(=O)c3cc(C)nn3C)cnc2c1. The first-order chi connectivity index (χ1) is 10.6. The zero-order valence-corrected chi connectivity index (χ0v) is 12.6. The van der Waals surface area contributed by atoms with Gasteiger partial charge in [0.2, 0.25) is 0 Å². The van der Waals surface area contributed by atoms with Crippen LogP contribution in [0.2, 0.25) is 0 Å². The van der Waals surface area contributed by atoms with Crippen molar-refractivity contribution in [2.45, 2.75) is 6.92 Å². The fraction of sp³-hybridized carbons (Fsp3) is 0.188. The Hall–Kier alpha value is -2.89. The smallest absolute Gasteiger partial charge is 0.273 e. The number of rotatable bonds is 3. The molecule has 0 saturated carbocycles. The fourth-order valence-electron chi connectivity index (χ4n) is 2.31. The van der Waals surface area contributed by atoms with Gasteiger partial charge < -0.3 is 10.1 Å². The van der Waals surface area contributed by atoms with Crippen molar-refractivity contribution in [2.75, 3.05) is 12.4 Å². The number of methoxy groups -OCH3 is 1. The normalized spacial score (nSPS) is 10.7. The van der Waals surface area contributed by atoms with Gasteiger partial charge in [0, 0.05) is 18.5 Å². The largest absolute Gasteiger partial charge is 0.497 e. The van der Waals surface area contributed by atoms with Gasteiger partial charge in [0.05, 0.1) is 30.2 Å². The highest BCUT2D eigenvalue weighted by atomic mass is 16.5. The minimum Gasteiger partial charge on any atom is -0.497 e. The fourth-order valence-corrected chi connectivity index (χ4v) is 2.31. The second-order valence-corrected chi connectivity index (χ2v) is 5.03. The quantitative estimate of drug-likeness (QED) is 0.806. The number of carbonyl (C=O) groups excluding carboxylic acids is 1. The second kappa shape index (κ2) is 5.48. The monoisotopic (exact) mass is 296 g/mol. The highest BCUT2D eigenvalue weighted by Gasteiger charge is 2.12. The Morgan fingerprint density at radius 2 is 2.09 bits per heavy atom. The lowest BCUT2D eigenvalue weighted by molar-refractivity contribution is 0.101. The standard InChI is InChI=1S/C16H16N4O2/c1-10-6-15(20(2)19-10)16(21)18-12-7-11-4-5-13(22-3)8-14(11)17-9-12/h4-9H,1-3H3,(H,18,21). The molecule has 1 amide bonds. The Morgan fingerprint density at radius 1 is 1.27 bits per heavy atom. The van der Waals surface area contributed by atoms with Crippen LogP contribution in [0.15, 0.2) is 36.5 Å². The van der Waals surface area contributed by atoms with E-state index < -0.39 is 0 Å². The lowest BCUT2D eigenvalue weighted by Crippen LogP contribution is -2.16. The van der Waals surface area contributed by atoms with Crippen LogP contribution in [-0.4, -0.2) is 27.8 Å². The first kappa shape index (κ1) is 14.1. The number of benzene rings is 1. The summed E-state index contributed by atoms with van der Waals surface area (Å²) in [7, 11) is 3.36. The topological polar surface area (TPSA) is 69.0 Å². The number of ether oxygens (including phenoxy) is 1. The van der Waals surface area contributed by atoms with Gasteiger partial charge in [-0.1, -0.05) is 0 Å². The zero-order chi connectivity index (χ0) is 15.7. The number of nitrogens with zero attached hydrogens (tertiary/aromatic N) is 3. The summed E-state index contributed by atoms with van der Waals surface area (Å²) in [6, 6.07) is 9.24. The van der Waals surface area contributed by atoms with Crippen LogP contribution in [0.25, 0.3) is 10.9 Å². The third kappa shape index (κ3) is 2.63. The number of pyridine rings is 1. The van der Waals surface area contributed by atoms with E-state index in [1.807, 2.05) is 31.2 Å². The molecular weight excluding hydrogens is 280 g/mol. The van der Waals surface area contributed by atoms with E-state index in [0.717, 1.165) is 22.3 Å². The molecule has 3 rings (SSSR count). The number of aryl methyl sites for hydroxylation is 2. The van der Waals surface area contributed by atoms with Crippen molar-refractivity contribution in [3.63, 3.8) is 0 Å². The van der Waals surface area contributed by atoms with Gasteiger partial charge in [-0.05, 0) is 31.2 Å². The lowest BCUT2D eigenvalue weighted by atomic mass is 10.2. The molecule has 2 aromatic heterocycles. The number of hydrogen-bond donors (Lipinski definition) is 1. The molecular formula is C16H16N4O2. The average molecular weight is 296 g/mol. The van der Waals surface area contributed by atoms with Gasteiger partial charge in [0.1, 0.15) is 11.4 Å². The van der Waals surface area contributed by atoms with Crippen molar-refractivity contribution in [1.82, 2.24) is 14.8 Å². The van der Waals surface area contributed by atoms with Crippen molar-refractivity contribution in [2.24, 2.45) is 7.05 Å². The number of anilines is 1. The van der Waals surface area contributed by atoms with Crippen LogP contribution in [0, 0.1) is 6.92 Å². The van der Waals surface area contributed by atoms with Gasteiger partial charge in [0.25, 0.3) is 5.91 Å². The van der Waals surface area contributed by atoms with Crippen molar-refractivity contribution in [3.8, 4) is 5.75 Å². The summed E-state index contributed by atoms with van der Waals surface area (Å²) in [5.74, 6) is 0.542. The summed E-state index contributed by atoms with van der Waals surface area (Å²) < 4.78 is 6.73. The highest BCUT2D eigenvalue weighted by molar-refractivity contribution is 6.03. The van der Waals surface area contributed by atoms with E-state index in [2.05, 4.69) is 15.4 Å². The molecule has 0 aliphatic rings. The Kier molecular flexibility index (Phi) is 3.50. The summed E-state index contributed by atoms with van der Waals surface area (Å²) in [6.07, 6.45) is 1.63. The van der Waals surface area contributed by atoms with Crippen LogP contribution < -0.4 is 10.1 Å². The molecule has 0 atom stereocenters. The Balaban J connectivity index is 1.87. The molecule has 0 unspecified atom stereocenters. The van der Waals surface area contributed by atoms with Gasteiger partial charge >= 0.3 is 0 Å². The van der Waals surface area contributed by atoms with E-state index in [1.165, 1.54) is 0 Å². The molecule has 2 heterocycles. The van der Waals surface area contributed by atoms with Gasteiger partial charge in [-0.25, -0.2) is 0 Å². The van der Waals surface area contributed by atoms with Gasteiger partial charge in [0.15, 0.2) is 0 Å².